The van der Waals surface area contributed by atoms with E-state index < -0.39 is 0 Å². The number of hydrogen-bond acceptors (Lipinski definition) is 0. The van der Waals surface area contributed by atoms with Crippen molar-refractivity contribution in [2.45, 2.75) is 49.9 Å². The van der Waals surface area contributed by atoms with Crippen LogP contribution in [-0.4, -0.2) is 15.8 Å². The molecule has 2 aliphatic heterocycles. The average molecular weight is 458 g/mol. The van der Waals surface area contributed by atoms with Crippen LogP contribution in [0.2, 0.25) is 0 Å². The van der Waals surface area contributed by atoms with Crippen LogP contribution in [0.25, 0.3) is 0 Å². The molecule has 0 spiro atoms. The third kappa shape index (κ3) is 4.41. The summed E-state index contributed by atoms with van der Waals surface area (Å²) in [6.45, 7) is 0. The summed E-state index contributed by atoms with van der Waals surface area (Å²) in [5.41, 5.74) is 5.64. The van der Waals surface area contributed by atoms with E-state index in [4.69, 9.17) is 0 Å². The van der Waals surface area contributed by atoms with Gasteiger partial charge in [0.05, 0.1) is 0 Å². The second-order valence-electron chi connectivity index (χ2n) is 9.87. The molecule has 174 valence electrons. The van der Waals surface area contributed by atoms with E-state index in [9.17, 15) is 0 Å². The van der Waals surface area contributed by atoms with E-state index in [-0.39, 0.29) is 0 Å². The minimum Gasteiger partial charge on any atom is -0.255 e. The molecule has 2 fully saturated rings. The van der Waals surface area contributed by atoms with E-state index >= 15 is 0 Å². The van der Waals surface area contributed by atoms with Crippen LogP contribution in [0.3, 0.4) is 0 Å². The Morgan fingerprint density at radius 2 is 0.800 bits per heavy atom. The Morgan fingerprint density at radius 1 is 0.457 bits per heavy atom. The molecule has 2 heterocycles. The SMILES string of the molecule is C(N1[C@@H](c2ccccc2)CC[C@@H]1c1ccccc1)=[N+]1C(c2ccccc2)CCC1c1ccccc1. The smallest absolute Gasteiger partial charge is 0.236 e. The Hall–Kier alpha value is -3.65. The van der Waals surface area contributed by atoms with Crippen molar-refractivity contribution in [1.82, 2.24) is 4.90 Å². The zero-order valence-corrected chi connectivity index (χ0v) is 20.2. The van der Waals surface area contributed by atoms with Gasteiger partial charge >= 0.3 is 0 Å². The first-order valence-corrected chi connectivity index (χ1v) is 13.0. The molecule has 2 nitrogen and oxygen atoms in total. The van der Waals surface area contributed by atoms with Crippen molar-refractivity contribution in [3.8, 4) is 0 Å². The van der Waals surface area contributed by atoms with Crippen molar-refractivity contribution in [2.75, 3.05) is 0 Å². The van der Waals surface area contributed by atoms with E-state index in [0.29, 0.717) is 24.2 Å². The first kappa shape index (κ1) is 21.9. The molecule has 0 aliphatic carbocycles. The van der Waals surface area contributed by atoms with Gasteiger partial charge in [-0.15, -0.1) is 0 Å². The Labute approximate surface area is 209 Å². The first-order valence-electron chi connectivity index (χ1n) is 13.0. The molecule has 0 amide bonds. The molecular formula is C33H33N2+. The molecule has 6 rings (SSSR count). The number of rotatable bonds is 5. The third-order valence-electron chi connectivity index (χ3n) is 7.87. The minimum absolute atomic E-state index is 0.384. The first-order chi connectivity index (χ1) is 17.4. The van der Waals surface area contributed by atoms with Crippen LogP contribution in [-0.2, 0) is 0 Å². The van der Waals surface area contributed by atoms with Crippen LogP contribution in [0.15, 0.2) is 121 Å². The highest BCUT2D eigenvalue weighted by molar-refractivity contribution is 5.54. The van der Waals surface area contributed by atoms with Gasteiger partial charge in [0.2, 0.25) is 6.34 Å². The molecule has 0 saturated carbocycles. The summed E-state index contributed by atoms with van der Waals surface area (Å²) < 4.78 is 2.67. The van der Waals surface area contributed by atoms with Crippen molar-refractivity contribution in [3.63, 3.8) is 0 Å². The number of hydrogen-bond donors (Lipinski definition) is 0. The van der Waals surface area contributed by atoms with Crippen LogP contribution in [0, 0.1) is 0 Å². The lowest BCUT2D eigenvalue weighted by atomic mass is 10.0. The van der Waals surface area contributed by atoms with Crippen LogP contribution in [0.4, 0.5) is 0 Å². The minimum atomic E-state index is 0.384. The molecular weight excluding hydrogens is 424 g/mol. The van der Waals surface area contributed by atoms with Gasteiger partial charge in [-0.05, 0) is 47.9 Å². The highest BCUT2D eigenvalue weighted by Crippen LogP contribution is 2.45. The topological polar surface area (TPSA) is 6.25 Å². The molecule has 0 N–H and O–H groups in total. The van der Waals surface area contributed by atoms with E-state index in [2.05, 4.69) is 137 Å². The standard InChI is InChI=1S/C33H33N2/c1-5-13-26(14-6-1)30-21-22-31(27-15-7-2-8-16-27)34(30)25-35-32(28-17-9-3-10-18-28)23-24-33(35)29-19-11-4-12-20-29/h1-20,25,30-33H,21-24H2/q+1/t30-,31-,32?,33?/m1/s1. The maximum atomic E-state index is 2.67. The number of nitrogens with zero attached hydrogens (tertiary/aromatic N) is 2. The molecule has 2 unspecified atom stereocenters. The molecule has 35 heavy (non-hydrogen) atoms. The highest BCUT2D eigenvalue weighted by atomic mass is 15.3. The monoisotopic (exact) mass is 457 g/mol. The molecule has 4 aromatic rings. The van der Waals surface area contributed by atoms with Gasteiger partial charge in [-0.3, -0.25) is 9.48 Å². The van der Waals surface area contributed by atoms with Crippen LogP contribution >= 0.6 is 0 Å². The van der Waals surface area contributed by atoms with Gasteiger partial charge in [-0.1, -0.05) is 121 Å². The lowest BCUT2D eigenvalue weighted by molar-refractivity contribution is -0.590. The van der Waals surface area contributed by atoms with Gasteiger partial charge in [0, 0.05) is 0 Å². The van der Waals surface area contributed by atoms with Crippen LogP contribution in [0.5, 0.6) is 0 Å². The molecule has 4 atom stereocenters. The highest BCUT2D eigenvalue weighted by Gasteiger charge is 2.42. The van der Waals surface area contributed by atoms with Gasteiger partial charge in [0.25, 0.3) is 0 Å². The second kappa shape index (κ2) is 9.92. The summed E-state index contributed by atoms with van der Waals surface area (Å²) in [7, 11) is 0. The summed E-state index contributed by atoms with van der Waals surface area (Å²) in [4.78, 5) is 2.67. The lowest BCUT2D eigenvalue weighted by Crippen LogP contribution is -2.31. The second-order valence-corrected chi connectivity index (χ2v) is 9.87. The van der Waals surface area contributed by atoms with Crippen molar-refractivity contribution in [2.24, 2.45) is 0 Å². The zero-order chi connectivity index (χ0) is 23.5. The van der Waals surface area contributed by atoms with Crippen molar-refractivity contribution in [3.05, 3.63) is 144 Å². The fourth-order valence-electron chi connectivity index (χ4n) is 6.19. The maximum Gasteiger partial charge on any atom is 0.236 e. The summed E-state index contributed by atoms with van der Waals surface area (Å²) >= 11 is 0. The predicted octanol–water partition coefficient (Wildman–Crippen LogP) is 7.88. The predicted molar refractivity (Wildman–Crippen MR) is 143 cm³/mol. The fourth-order valence-corrected chi connectivity index (χ4v) is 6.19. The van der Waals surface area contributed by atoms with Gasteiger partial charge in [0.1, 0.15) is 24.2 Å². The van der Waals surface area contributed by atoms with Crippen LogP contribution < -0.4 is 0 Å². The lowest BCUT2D eigenvalue weighted by Gasteiger charge is -2.26. The average Bonchev–Trinajstić information content (AvgIpc) is 3.55. The molecule has 0 aromatic heterocycles. The maximum absolute atomic E-state index is 2.67. The quantitative estimate of drug-likeness (QED) is 0.218. The molecule has 2 saturated heterocycles. The summed E-state index contributed by atoms with van der Waals surface area (Å²) in [6.07, 6.45) is 7.17. The molecule has 0 bridgehead atoms. The van der Waals surface area contributed by atoms with Gasteiger partial charge in [-0.2, -0.15) is 0 Å². The largest absolute Gasteiger partial charge is 0.255 e. The normalized spacial score (nSPS) is 24.0. The van der Waals surface area contributed by atoms with Crippen molar-refractivity contribution in [1.29, 1.82) is 0 Å². The number of likely N-dealkylation sites (tertiary alicyclic amines) is 1. The van der Waals surface area contributed by atoms with Gasteiger partial charge < -0.3 is 0 Å². The van der Waals surface area contributed by atoms with Gasteiger partial charge in [-0.25, -0.2) is 0 Å². The van der Waals surface area contributed by atoms with E-state index in [1.54, 1.807) is 0 Å². The zero-order valence-electron chi connectivity index (χ0n) is 20.2. The third-order valence-corrected chi connectivity index (χ3v) is 7.87. The fraction of sp³-hybridized carbons (Fsp3) is 0.242. The molecule has 0 radical (unpaired) electrons. The van der Waals surface area contributed by atoms with E-state index in [1.807, 2.05) is 0 Å². The Kier molecular flexibility index (Phi) is 6.19. The molecule has 4 aromatic carbocycles. The van der Waals surface area contributed by atoms with E-state index in [0.717, 1.165) is 0 Å². The summed E-state index contributed by atoms with van der Waals surface area (Å²) in [5.74, 6) is 0. The summed E-state index contributed by atoms with van der Waals surface area (Å²) in [5, 5.41) is 0. The Bertz CT molecular complexity index is 1150. The molecule has 2 heteroatoms. The van der Waals surface area contributed by atoms with Crippen molar-refractivity contribution < 1.29 is 4.58 Å². The van der Waals surface area contributed by atoms with Gasteiger partial charge in [0.15, 0.2) is 0 Å². The van der Waals surface area contributed by atoms with Crippen molar-refractivity contribution >= 4 is 6.34 Å². The van der Waals surface area contributed by atoms with Crippen LogP contribution in [0.1, 0.15) is 72.1 Å². The van der Waals surface area contributed by atoms with E-state index in [1.165, 1.54) is 47.9 Å². The summed E-state index contributed by atoms with van der Waals surface area (Å²) in [6, 6.07) is 45.8. The Balaban J connectivity index is 1.47. The Morgan fingerprint density at radius 3 is 1.17 bits per heavy atom. The molecule has 2 aliphatic rings. The number of benzene rings is 4.